The minimum Gasteiger partial charge on any atom is -0.495 e. The number of hydrogen-bond acceptors (Lipinski definition) is 3. The van der Waals surface area contributed by atoms with Crippen LogP contribution in [0, 0.1) is 0 Å². The number of nitrogens with zero attached hydrogens (tertiary/aromatic N) is 1. The third-order valence-electron chi connectivity index (χ3n) is 2.88. The van der Waals surface area contributed by atoms with E-state index in [1.807, 2.05) is 12.1 Å². The predicted octanol–water partition coefficient (Wildman–Crippen LogP) is 3.97. The average Bonchev–Trinajstić information content (AvgIpc) is 2.37. The molecule has 102 valence electrons. The summed E-state index contributed by atoms with van der Waals surface area (Å²) in [4.78, 5) is 2.39. The smallest absolute Gasteiger partial charge is 0.135 e. The first kappa shape index (κ1) is 15.8. The Labute approximate surface area is 126 Å². The number of benzene rings is 1. The first-order chi connectivity index (χ1) is 8.62. The van der Waals surface area contributed by atoms with Crippen LogP contribution in [-0.2, 0) is 0 Å². The molecule has 0 bridgehead atoms. The molecule has 0 heterocycles. The highest BCUT2D eigenvalue weighted by atomic mass is 79.9. The Hall–Kier alpha value is -0.260. The van der Waals surface area contributed by atoms with Crippen molar-refractivity contribution in [3.63, 3.8) is 0 Å². The maximum Gasteiger partial charge on any atom is 0.135 e. The summed E-state index contributed by atoms with van der Waals surface area (Å²) in [5.41, 5.74) is 1.06. The maximum atomic E-state index is 5.29. The Kier molecular flexibility index (Phi) is 7.04. The van der Waals surface area contributed by atoms with Crippen LogP contribution in [0.15, 0.2) is 21.1 Å². The second kappa shape index (κ2) is 8.02. The number of ether oxygens (including phenoxy) is 1. The van der Waals surface area contributed by atoms with Crippen molar-refractivity contribution >= 4 is 37.5 Å². The summed E-state index contributed by atoms with van der Waals surface area (Å²) in [7, 11) is 1.67. The Morgan fingerprint density at radius 1 is 1.17 bits per heavy atom. The zero-order chi connectivity index (χ0) is 13.5. The van der Waals surface area contributed by atoms with Gasteiger partial charge in [0.2, 0.25) is 0 Å². The van der Waals surface area contributed by atoms with Crippen molar-refractivity contribution in [2.75, 3.05) is 38.6 Å². The molecule has 0 aliphatic rings. The van der Waals surface area contributed by atoms with Gasteiger partial charge in [-0.25, -0.2) is 0 Å². The first-order valence-corrected chi connectivity index (χ1v) is 7.70. The number of anilines is 1. The molecular weight excluding hydrogens is 360 g/mol. The lowest BCUT2D eigenvalue weighted by Gasteiger charge is -2.19. The summed E-state index contributed by atoms with van der Waals surface area (Å²) in [5.74, 6) is 0.837. The zero-order valence-electron chi connectivity index (χ0n) is 11.1. The summed E-state index contributed by atoms with van der Waals surface area (Å²) < 4.78 is 7.28. The Morgan fingerprint density at radius 2 is 1.83 bits per heavy atom. The van der Waals surface area contributed by atoms with E-state index in [2.05, 4.69) is 55.9 Å². The van der Waals surface area contributed by atoms with Crippen LogP contribution < -0.4 is 10.1 Å². The first-order valence-electron chi connectivity index (χ1n) is 6.11. The molecule has 1 N–H and O–H groups in total. The van der Waals surface area contributed by atoms with Crippen LogP contribution in [-0.4, -0.2) is 38.2 Å². The largest absolute Gasteiger partial charge is 0.495 e. The molecular formula is C13H20Br2N2O. The summed E-state index contributed by atoms with van der Waals surface area (Å²) in [6, 6.07) is 4.00. The molecule has 3 nitrogen and oxygen atoms in total. The molecule has 18 heavy (non-hydrogen) atoms. The summed E-state index contributed by atoms with van der Waals surface area (Å²) in [5, 5.41) is 3.42. The summed E-state index contributed by atoms with van der Waals surface area (Å²) in [6.07, 6.45) is 0. The van der Waals surface area contributed by atoms with Gasteiger partial charge in [0.15, 0.2) is 0 Å². The average molecular weight is 380 g/mol. The fourth-order valence-corrected chi connectivity index (χ4v) is 3.01. The molecule has 0 amide bonds. The molecule has 1 aromatic rings. The van der Waals surface area contributed by atoms with Crippen LogP contribution in [0.4, 0.5) is 5.69 Å². The molecule has 0 aliphatic carbocycles. The van der Waals surface area contributed by atoms with Gasteiger partial charge in [-0.2, -0.15) is 0 Å². The van der Waals surface area contributed by atoms with Gasteiger partial charge in [0.25, 0.3) is 0 Å². The topological polar surface area (TPSA) is 24.5 Å². The van der Waals surface area contributed by atoms with Crippen LogP contribution in [0.25, 0.3) is 0 Å². The molecule has 0 spiro atoms. The van der Waals surface area contributed by atoms with Crippen molar-refractivity contribution < 1.29 is 4.74 Å². The van der Waals surface area contributed by atoms with Crippen LogP contribution in [0.3, 0.4) is 0 Å². The van der Waals surface area contributed by atoms with Gasteiger partial charge in [0, 0.05) is 23.6 Å². The van der Waals surface area contributed by atoms with E-state index in [1.54, 1.807) is 7.11 Å². The van der Waals surface area contributed by atoms with E-state index in [-0.39, 0.29) is 0 Å². The Morgan fingerprint density at radius 3 is 2.39 bits per heavy atom. The minimum absolute atomic E-state index is 0.837. The van der Waals surface area contributed by atoms with Gasteiger partial charge in [0.05, 0.1) is 17.3 Å². The van der Waals surface area contributed by atoms with Crippen molar-refractivity contribution in [2.45, 2.75) is 13.8 Å². The Balaban J connectivity index is 2.61. The van der Waals surface area contributed by atoms with Crippen molar-refractivity contribution in [1.82, 2.24) is 4.90 Å². The molecule has 0 unspecified atom stereocenters. The summed E-state index contributed by atoms with van der Waals surface area (Å²) in [6.45, 7) is 8.50. The fraction of sp³-hybridized carbons (Fsp3) is 0.538. The monoisotopic (exact) mass is 378 g/mol. The van der Waals surface area contributed by atoms with Gasteiger partial charge in [-0.05, 0) is 51.0 Å². The number of rotatable bonds is 7. The normalized spacial score (nSPS) is 10.8. The number of nitrogens with one attached hydrogen (secondary N) is 1. The highest BCUT2D eigenvalue weighted by Crippen LogP contribution is 2.34. The maximum absolute atomic E-state index is 5.29. The second-order valence-electron chi connectivity index (χ2n) is 3.92. The third kappa shape index (κ3) is 4.44. The van der Waals surface area contributed by atoms with E-state index < -0.39 is 0 Å². The van der Waals surface area contributed by atoms with E-state index in [0.29, 0.717) is 0 Å². The van der Waals surface area contributed by atoms with Gasteiger partial charge >= 0.3 is 0 Å². The lowest BCUT2D eigenvalue weighted by molar-refractivity contribution is 0.316. The Bertz CT molecular complexity index is 381. The van der Waals surface area contributed by atoms with Gasteiger partial charge in [-0.3, -0.25) is 0 Å². The molecule has 5 heteroatoms. The number of likely N-dealkylation sites (N-methyl/N-ethyl adjacent to an activating group) is 1. The minimum atomic E-state index is 0.837. The van der Waals surface area contributed by atoms with Crippen molar-refractivity contribution in [3.8, 4) is 5.75 Å². The van der Waals surface area contributed by atoms with E-state index >= 15 is 0 Å². The van der Waals surface area contributed by atoms with E-state index in [4.69, 9.17) is 4.74 Å². The van der Waals surface area contributed by atoms with Crippen molar-refractivity contribution in [3.05, 3.63) is 21.1 Å². The van der Waals surface area contributed by atoms with Crippen LogP contribution in [0.1, 0.15) is 13.8 Å². The molecule has 0 saturated heterocycles. The molecule has 0 fully saturated rings. The number of methoxy groups -OCH3 is 1. The fourth-order valence-electron chi connectivity index (χ4n) is 1.71. The molecule has 0 radical (unpaired) electrons. The lowest BCUT2D eigenvalue weighted by atomic mass is 10.3. The van der Waals surface area contributed by atoms with Crippen LogP contribution in [0.2, 0.25) is 0 Å². The quantitative estimate of drug-likeness (QED) is 0.775. The van der Waals surface area contributed by atoms with Gasteiger partial charge < -0.3 is 15.0 Å². The SMILES string of the molecule is CCN(CC)CCNc1cc(OC)c(Br)cc1Br. The zero-order valence-corrected chi connectivity index (χ0v) is 14.3. The predicted molar refractivity (Wildman–Crippen MR) is 84.7 cm³/mol. The van der Waals surface area contributed by atoms with E-state index in [0.717, 1.165) is 46.6 Å². The molecule has 0 atom stereocenters. The molecule has 0 aliphatic heterocycles. The number of hydrogen-bond donors (Lipinski definition) is 1. The van der Waals surface area contributed by atoms with E-state index in [1.165, 1.54) is 0 Å². The second-order valence-corrected chi connectivity index (χ2v) is 5.63. The van der Waals surface area contributed by atoms with Crippen molar-refractivity contribution in [1.29, 1.82) is 0 Å². The van der Waals surface area contributed by atoms with Gasteiger partial charge in [-0.1, -0.05) is 13.8 Å². The molecule has 1 aromatic carbocycles. The highest BCUT2D eigenvalue weighted by Gasteiger charge is 2.07. The van der Waals surface area contributed by atoms with Gasteiger partial charge in [-0.15, -0.1) is 0 Å². The van der Waals surface area contributed by atoms with Crippen LogP contribution >= 0.6 is 31.9 Å². The van der Waals surface area contributed by atoms with Crippen molar-refractivity contribution in [2.24, 2.45) is 0 Å². The molecule has 1 rings (SSSR count). The van der Waals surface area contributed by atoms with Crippen LogP contribution in [0.5, 0.6) is 5.75 Å². The highest BCUT2D eigenvalue weighted by molar-refractivity contribution is 9.11. The standard InChI is InChI=1S/C13H20Br2N2O/c1-4-17(5-2)7-6-16-12-9-13(18-3)11(15)8-10(12)14/h8-9,16H,4-7H2,1-3H3. The molecule has 0 aromatic heterocycles. The lowest BCUT2D eigenvalue weighted by Crippen LogP contribution is -2.28. The van der Waals surface area contributed by atoms with Gasteiger partial charge in [0.1, 0.15) is 5.75 Å². The van der Waals surface area contributed by atoms with E-state index in [9.17, 15) is 0 Å². The number of halogens is 2. The third-order valence-corrected chi connectivity index (χ3v) is 4.16. The molecule has 0 saturated carbocycles. The summed E-state index contributed by atoms with van der Waals surface area (Å²) >= 11 is 7.01.